The van der Waals surface area contributed by atoms with Gasteiger partial charge in [-0.15, -0.1) is 11.8 Å². The molecule has 1 saturated heterocycles. The largest absolute Gasteiger partial charge is 0.453 e. The van der Waals surface area contributed by atoms with E-state index in [2.05, 4.69) is 38.0 Å². The molecule has 8 nitrogen and oxygen atoms in total. The molecule has 2 aromatic rings. The number of dihydropyridines is 1. The van der Waals surface area contributed by atoms with E-state index in [1.54, 1.807) is 36.2 Å². The third-order valence-corrected chi connectivity index (χ3v) is 8.35. The summed E-state index contributed by atoms with van der Waals surface area (Å²) in [5.41, 5.74) is 2.41. The second-order valence-corrected chi connectivity index (χ2v) is 11.2. The zero-order chi connectivity index (χ0) is 25.2. The van der Waals surface area contributed by atoms with Crippen molar-refractivity contribution in [2.75, 3.05) is 44.6 Å². The Labute approximate surface area is 220 Å². The number of aliphatic imine (C=N–C) groups is 1. The number of benzene rings is 1. The molecular formula is C27H31FN6O2S. The normalized spacial score (nSPS) is 23.3. The first-order valence-electron chi connectivity index (χ1n) is 13.0. The van der Waals surface area contributed by atoms with Gasteiger partial charge in [-0.05, 0) is 31.1 Å². The summed E-state index contributed by atoms with van der Waals surface area (Å²) < 4.78 is 20.8. The van der Waals surface area contributed by atoms with Crippen LogP contribution in [0, 0.1) is 11.7 Å². The average Bonchev–Trinajstić information content (AvgIpc) is 3.60. The highest BCUT2D eigenvalue weighted by molar-refractivity contribution is 8.01. The van der Waals surface area contributed by atoms with E-state index in [-0.39, 0.29) is 23.1 Å². The van der Waals surface area contributed by atoms with Crippen LogP contribution in [0.4, 0.5) is 14.9 Å². The van der Waals surface area contributed by atoms with Crippen molar-refractivity contribution in [3.63, 3.8) is 0 Å². The number of urea groups is 1. The van der Waals surface area contributed by atoms with Crippen LogP contribution in [-0.4, -0.2) is 72.2 Å². The number of nitrogens with one attached hydrogen (secondary N) is 3. The molecule has 0 bridgehead atoms. The van der Waals surface area contributed by atoms with Gasteiger partial charge in [0, 0.05) is 87.4 Å². The van der Waals surface area contributed by atoms with Gasteiger partial charge >= 0.3 is 6.03 Å². The lowest BCUT2D eigenvalue weighted by molar-refractivity contribution is 0.221. The zero-order valence-electron chi connectivity index (χ0n) is 20.6. The maximum absolute atomic E-state index is 14.8. The molecule has 1 aromatic heterocycles. The van der Waals surface area contributed by atoms with Gasteiger partial charge in [0.1, 0.15) is 5.75 Å². The predicted octanol–water partition coefficient (Wildman–Crippen LogP) is 3.85. The molecule has 3 N–H and O–H groups in total. The average molecular weight is 523 g/mol. The molecule has 194 valence electrons. The zero-order valence-corrected chi connectivity index (χ0v) is 21.4. The van der Waals surface area contributed by atoms with Gasteiger partial charge in [-0.2, -0.15) is 0 Å². The molecule has 4 aliphatic rings. The third kappa shape index (κ3) is 5.97. The number of allylic oxidation sites excluding steroid dienone is 1. The molecular weight excluding hydrogens is 491 g/mol. The standard InChI is InChI=1S/C27H31FN6O2S/c28-20-13-19(33-27(35)32-18-2-3-18)4-6-23(20)36-24-7-8-30-22-14-25(37-26(22)24)21-5-1-17(15-31-21)16-34-11-9-29-10-12-34/h1,4-8,13,17-18,25,29H,2-3,9-12,14-16H2,(H2,32,33,35). The Balaban J connectivity index is 1.08. The molecule has 10 heteroatoms. The monoisotopic (exact) mass is 522 g/mol. The molecule has 1 aliphatic carbocycles. The van der Waals surface area contributed by atoms with Crippen LogP contribution in [0.3, 0.4) is 0 Å². The van der Waals surface area contributed by atoms with Crippen molar-refractivity contribution in [3.8, 4) is 11.5 Å². The number of aromatic nitrogens is 1. The number of pyridine rings is 1. The van der Waals surface area contributed by atoms with Crippen LogP contribution in [-0.2, 0) is 6.42 Å². The minimum Gasteiger partial charge on any atom is -0.453 e. The van der Waals surface area contributed by atoms with E-state index in [1.165, 1.54) is 6.07 Å². The number of piperazine rings is 1. The maximum Gasteiger partial charge on any atom is 0.319 e. The summed E-state index contributed by atoms with van der Waals surface area (Å²) in [6.45, 7) is 6.17. The Morgan fingerprint density at radius 1 is 1.22 bits per heavy atom. The summed E-state index contributed by atoms with van der Waals surface area (Å²) in [6.07, 6.45) is 8.93. The smallest absolute Gasteiger partial charge is 0.319 e. The Morgan fingerprint density at radius 3 is 2.84 bits per heavy atom. The van der Waals surface area contributed by atoms with Crippen LogP contribution in [0.15, 0.2) is 52.5 Å². The summed E-state index contributed by atoms with van der Waals surface area (Å²) in [5, 5.41) is 9.06. The van der Waals surface area contributed by atoms with E-state index in [0.29, 0.717) is 17.4 Å². The number of amides is 2. The number of thioether (sulfide) groups is 1. The number of nitrogens with zero attached hydrogens (tertiary/aromatic N) is 3. The fourth-order valence-electron chi connectivity index (χ4n) is 4.83. The summed E-state index contributed by atoms with van der Waals surface area (Å²) in [7, 11) is 0. The van der Waals surface area contributed by atoms with E-state index < -0.39 is 5.82 Å². The number of fused-ring (bicyclic) bond motifs is 1. The van der Waals surface area contributed by atoms with E-state index in [4.69, 9.17) is 9.73 Å². The number of carbonyl (C=O) groups excluding carboxylic acids is 1. The highest BCUT2D eigenvalue weighted by Gasteiger charge is 2.31. The number of halogens is 1. The summed E-state index contributed by atoms with van der Waals surface area (Å²) in [6, 6.07) is 6.14. The molecule has 2 unspecified atom stereocenters. The molecule has 1 saturated carbocycles. The fourth-order valence-corrected chi connectivity index (χ4v) is 6.13. The van der Waals surface area contributed by atoms with Crippen LogP contribution in [0.5, 0.6) is 11.5 Å². The predicted molar refractivity (Wildman–Crippen MR) is 143 cm³/mol. The van der Waals surface area contributed by atoms with Crippen molar-refractivity contribution >= 4 is 29.2 Å². The van der Waals surface area contributed by atoms with Crippen LogP contribution >= 0.6 is 11.8 Å². The second-order valence-electron chi connectivity index (χ2n) is 9.95. The van der Waals surface area contributed by atoms with Gasteiger partial charge in [-0.25, -0.2) is 9.18 Å². The Bertz CT molecular complexity index is 1230. The van der Waals surface area contributed by atoms with Crippen molar-refractivity contribution in [1.29, 1.82) is 0 Å². The lowest BCUT2D eigenvalue weighted by atomic mass is 10.0. The highest BCUT2D eigenvalue weighted by Crippen LogP contribution is 2.44. The van der Waals surface area contributed by atoms with Gasteiger partial charge in [0.05, 0.1) is 15.8 Å². The highest BCUT2D eigenvalue weighted by atomic mass is 32.2. The SMILES string of the molecule is O=C(Nc1ccc(Oc2ccnc3c2SC(C2=NCC(CN4CCNCC4)C=C2)C3)c(F)c1)NC1CC1. The molecule has 1 aromatic carbocycles. The first kappa shape index (κ1) is 24.4. The number of carbonyl (C=O) groups is 1. The molecule has 4 heterocycles. The van der Waals surface area contributed by atoms with Crippen molar-refractivity contribution in [2.24, 2.45) is 10.9 Å². The van der Waals surface area contributed by atoms with E-state index in [0.717, 1.165) is 74.8 Å². The van der Waals surface area contributed by atoms with Crippen molar-refractivity contribution in [1.82, 2.24) is 20.5 Å². The van der Waals surface area contributed by atoms with Crippen LogP contribution < -0.4 is 20.7 Å². The quantitative estimate of drug-likeness (QED) is 0.512. The Kier molecular flexibility index (Phi) is 7.12. The molecule has 0 spiro atoms. The van der Waals surface area contributed by atoms with E-state index in [9.17, 15) is 9.18 Å². The maximum atomic E-state index is 14.8. The van der Waals surface area contributed by atoms with Gasteiger partial charge < -0.3 is 25.6 Å². The van der Waals surface area contributed by atoms with Gasteiger partial charge in [0.25, 0.3) is 0 Å². The van der Waals surface area contributed by atoms with E-state index >= 15 is 0 Å². The Morgan fingerprint density at radius 2 is 2.08 bits per heavy atom. The van der Waals surface area contributed by atoms with Gasteiger partial charge in [-0.1, -0.05) is 6.08 Å². The molecule has 0 radical (unpaired) electrons. The van der Waals surface area contributed by atoms with Crippen molar-refractivity contribution in [2.45, 2.75) is 35.4 Å². The number of ether oxygens (including phenoxy) is 1. The molecule has 3 aliphatic heterocycles. The first-order chi connectivity index (χ1) is 18.1. The van der Waals surface area contributed by atoms with E-state index in [1.807, 2.05) is 0 Å². The number of hydrogen-bond donors (Lipinski definition) is 3. The van der Waals surface area contributed by atoms with Crippen LogP contribution in [0.25, 0.3) is 0 Å². The summed E-state index contributed by atoms with van der Waals surface area (Å²) >= 11 is 1.68. The lowest BCUT2D eigenvalue weighted by Crippen LogP contribution is -2.45. The third-order valence-electron chi connectivity index (χ3n) is 6.98. The Hall–Kier alpha value is -2.95. The molecule has 37 heavy (non-hydrogen) atoms. The van der Waals surface area contributed by atoms with Crippen LogP contribution in [0.2, 0.25) is 0 Å². The van der Waals surface area contributed by atoms with Crippen molar-refractivity contribution < 1.29 is 13.9 Å². The van der Waals surface area contributed by atoms with Crippen LogP contribution in [0.1, 0.15) is 18.5 Å². The second kappa shape index (κ2) is 10.8. The minimum atomic E-state index is -0.538. The number of rotatable bonds is 7. The topological polar surface area (TPSA) is 90.9 Å². The minimum absolute atomic E-state index is 0.108. The summed E-state index contributed by atoms with van der Waals surface area (Å²) in [5.74, 6) is 0.606. The number of hydrogen-bond acceptors (Lipinski definition) is 7. The molecule has 2 fully saturated rings. The van der Waals surface area contributed by atoms with Gasteiger partial charge in [0.2, 0.25) is 0 Å². The fraction of sp³-hybridized carbons (Fsp3) is 0.444. The van der Waals surface area contributed by atoms with Gasteiger partial charge in [-0.3, -0.25) is 9.98 Å². The number of anilines is 1. The molecule has 2 atom stereocenters. The molecule has 6 rings (SSSR count). The molecule has 2 amide bonds. The van der Waals surface area contributed by atoms with Gasteiger partial charge in [0.15, 0.2) is 11.6 Å². The van der Waals surface area contributed by atoms with Crippen molar-refractivity contribution in [3.05, 3.63) is 54.1 Å². The summed E-state index contributed by atoms with van der Waals surface area (Å²) in [4.78, 5) is 24.9. The lowest BCUT2D eigenvalue weighted by Gasteiger charge is -2.30. The first-order valence-corrected chi connectivity index (χ1v) is 13.8.